The Morgan fingerprint density at radius 3 is 2.44 bits per heavy atom. The van der Waals surface area contributed by atoms with Crippen molar-refractivity contribution in [3.8, 4) is 0 Å². The molecule has 2 aliphatic rings. The van der Waals surface area contributed by atoms with Gasteiger partial charge in [-0.05, 0) is 50.4 Å². The van der Waals surface area contributed by atoms with E-state index in [1.54, 1.807) is 6.92 Å². The van der Waals surface area contributed by atoms with Crippen molar-refractivity contribution in [1.82, 2.24) is 5.32 Å². The molecule has 4 unspecified atom stereocenters. The van der Waals surface area contributed by atoms with E-state index in [2.05, 4.69) is 19.2 Å². The molecule has 1 aliphatic heterocycles. The number of halogens is 1. The third kappa shape index (κ3) is 3.67. The molecule has 0 radical (unpaired) electrons. The molecule has 0 aromatic rings. The molecular formula is C15H28FNO. The maximum atomic E-state index is 15.0. The first-order valence-electron chi connectivity index (χ1n) is 7.47. The summed E-state index contributed by atoms with van der Waals surface area (Å²) in [6.45, 7) is 8.62. The molecule has 1 aliphatic carbocycles. The van der Waals surface area contributed by atoms with Gasteiger partial charge in [0, 0.05) is 12.6 Å². The van der Waals surface area contributed by atoms with Gasteiger partial charge in [0.1, 0.15) is 5.67 Å². The summed E-state index contributed by atoms with van der Waals surface area (Å²) >= 11 is 0. The molecule has 106 valence electrons. The lowest BCUT2D eigenvalue weighted by atomic mass is 9.69. The summed E-state index contributed by atoms with van der Waals surface area (Å²) in [6.07, 6.45) is 3.95. The first-order valence-corrected chi connectivity index (χ1v) is 7.47. The van der Waals surface area contributed by atoms with Gasteiger partial charge >= 0.3 is 0 Å². The normalized spacial score (nSPS) is 41.3. The number of morpholine rings is 1. The maximum Gasteiger partial charge on any atom is 0.112 e. The Morgan fingerprint density at radius 2 is 1.89 bits per heavy atom. The predicted octanol–water partition coefficient (Wildman–Crippen LogP) is 3.17. The Hall–Kier alpha value is -0.150. The average Bonchev–Trinajstić information content (AvgIpc) is 2.28. The van der Waals surface area contributed by atoms with Crippen LogP contribution in [0.1, 0.15) is 46.5 Å². The van der Waals surface area contributed by atoms with Crippen LogP contribution in [0, 0.1) is 17.8 Å². The number of nitrogens with one attached hydrogen (secondary N) is 1. The van der Waals surface area contributed by atoms with Gasteiger partial charge in [-0.15, -0.1) is 0 Å². The Balaban J connectivity index is 1.91. The minimum Gasteiger partial charge on any atom is -0.379 e. The van der Waals surface area contributed by atoms with Crippen LogP contribution in [0.4, 0.5) is 4.39 Å². The molecule has 3 heteroatoms. The molecule has 18 heavy (non-hydrogen) atoms. The van der Waals surface area contributed by atoms with Gasteiger partial charge < -0.3 is 10.1 Å². The standard InChI is InChI=1S/C15H28FNO/c1-11-6-12(2)8-13(7-11)15(3,16)9-14-10-18-5-4-17-14/h11-14,17H,4-10H2,1-3H3. The lowest BCUT2D eigenvalue weighted by molar-refractivity contribution is 0.00168. The van der Waals surface area contributed by atoms with Crippen molar-refractivity contribution >= 4 is 0 Å². The van der Waals surface area contributed by atoms with Crippen LogP contribution in [0.15, 0.2) is 0 Å². The van der Waals surface area contributed by atoms with E-state index in [-0.39, 0.29) is 12.0 Å². The lowest BCUT2D eigenvalue weighted by Gasteiger charge is -2.41. The summed E-state index contributed by atoms with van der Waals surface area (Å²) in [5.41, 5.74) is -1.05. The lowest BCUT2D eigenvalue weighted by Crippen LogP contribution is -2.47. The fraction of sp³-hybridized carbons (Fsp3) is 1.00. The highest BCUT2D eigenvalue weighted by Crippen LogP contribution is 2.42. The molecule has 1 N–H and O–H groups in total. The Labute approximate surface area is 111 Å². The van der Waals surface area contributed by atoms with E-state index >= 15 is 4.39 Å². The molecule has 4 atom stereocenters. The molecule has 0 amide bonds. The van der Waals surface area contributed by atoms with Crippen molar-refractivity contribution in [3.63, 3.8) is 0 Å². The number of rotatable bonds is 3. The molecule has 2 fully saturated rings. The molecule has 2 nitrogen and oxygen atoms in total. The highest BCUT2D eigenvalue weighted by atomic mass is 19.1. The van der Waals surface area contributed by atoms with Crippen molar-refractivity contribution in [2.75, 3.05) is 19.8 Å². The van der Waals surface area contributed by atoms with Crippen LogP contribution in [-0.2, 0) is 4.74 Å². The van der Waals surface area contributed by atoms with Gasteiger partial charge in [-0.1, -0.05) is 13.8 Å². The van der Waals surface area contributed by atoms with Crippen LogP contribution < -0.4 is 5.32 Å². The monoisotopic (exact) mass is 257 g/mol. The average molecular weight is 257 g/mol. The summed E-state index contributed by atoms with van der Waals surface area (Å²) in [5.74, 6) is 1.56. The van der Waals surface area contributed by atoms with Gasteiger partial charge in [-0.3, -0.25) is 0 Å². The van der Waals surface area contributed by atoms with E-state index in [1.165, 1.54) is 6.42 Å². The predicted molar refractivity (Wildman–Crippen MR) is 72.4 cm³/mol. The van der Waals surface area contributed by atoms with E-state index in [4.69, 9.17) is 4.74 Å². The second kappa shape index (κ2) is 5.87. The van der Waals surface area contributed by atoms with Crippen molar-refractivity contribution in [3.05, 3.63) is 0 Å². The van der Waals surface area contributed by atoms with Crippen molar-refractivity contribution in [2.45, 2.75) is 58.2 Å². The van der Waals surface area contributed by atoms with Crippen LogP contribution >= 0.6 is 0 Å². The van der Waals surface area contributed by atoms with Gasteiger partial charge in [0.15, 0.2) is 0 Å². The smallest absolute Gasteiger partial charge is 0.112 e. The molecule has 0 bridgehead atoms. The zero-order valence-electron chi connectivity index (χ0n) is 12.0. The molecule has 1 saturated carbocycles. The molecule has 1 heterocycles. The van der Waals surface area contributed by atoms with Gasteiger partial charge in [0.2, 0.25) is 0 Å². The molecule has 0 aromatic carbocycles. The second-order valence-electron chi connectivity index (χ2n) is 6.82. The summed E-state index contributed by atoms with van der Waals surface area (Å²) in [6, 6.07) is 0.196. The molecular weight excluding hydrogens is 229 g/mol. The minimum absolute atomic E-state index is 0.196. The highest BCUT2D eigenvalue weighted by Gasteiger charge is 2.40. The van der Waals surface area contributed by atoms with Gasteiger partial charge in [-0.2, -0.15) is 0 Å². The minimum atomic E-state index is -1.05. The van der Waals surface area contributed by atoms with E-state index in [1.807, 2.05) is 0 Å². The third-order valence-corrected chi connectivity index (χ3v) is 4.67. The number of alkyl halides is 1. The summed E-state index contributed by atoms with van der Waals surface area (Å²) in [4.78, 5) is 0. The summed E-state index contributed by atoms with van der Waals surface area (Å²) < 4.78 is 20.4. The summed E-state index contributed by atoms with van der Waals surface area (Å²) in [5, 5.41) is 3.37. The van der Waals surface area contributed by atoms with Crippen LogP contribution in [-0.4, -0.2) is 31.5 Å². The van der Waals surface area contributed by atoms with Crippen molar-refractivity contribution in [1.29, 1.82) is 0 Å². The zero-order chi connectivity index (χ0) is 13.2. The van der Waals surface area contributed by atoms with Crippen LogP contribution in [0.5, 0.6) is 0 Å². The number of ether oxygens (including phenoxy) is 1. The maximum absolute atomic E-state index is 15.0. The van der Waals surface area contributed by atoms with Crippen LogP contribution in [0.25, 0.3) is 0 Å². The summed E-state index contributed by atoms with van der Waals surface area (Å²) in [7, 11) is 0. The van der Waals surface area contributed by atoms with Gasteiger partial charge in [0.05, 0.1) is 13.2 Å². The van der Waals surface area contributed by atoms with E-state index in [0.29, 0.717) is 24.9 Å². The highest BCUT2D eigenvalue weighted by molar-refractivity contribution is 4.91. The Kier molecular flexibility index (Phi) is 4.65. The fourth-order valence-corrected chi connectivity index (χ4v) is 3.84. The van der Waals surface area contributed by atoms with Gasteiger partial charge in [-0.25, -0.2) is 4.39 Å². The van der Waals surface area contributed by atoms with Crippen molar-refractivity contribution in [2.24, 2.45) is 17.8 Å². The molecule has 0 spiro atoms. The first kappa shape index (κ1) is 14.3. The van der Waals surface area contributed by atoms with Crippen LogP contribution in [0.2, 0.25) is 0 Å². The third-order valence-electron chi connectivity index (χ3n) is 4.67. The van der Waals surface area contributed by atoms with E-state index in [0.717, 1.165) is 26.0 Å². The second-order valence-corrected chi connectivity index (χ2v) is 6.82. The quantitative estimate of drug-likeness (QED) is 0.838. The Morgan fingerprint density at radius 1 is 1.22 bits per heavy atom. The van der Waals surface area contributed by atoms with Gasteiger partial charge in [0.25, 0.3) is 0 Å². The number of hydrogen-bond donors (Lipinski definition) is 1. The topological polar surface area (TPSA) is 21.3 Å². The zero-order valence-corrected chi connectivity index (χ0v) is 12.0. The molecule has 1 saturated heterocycles. The molecule has 2 rings (SSSR count). The Bertz CT molecular complexity index is 253. The number of hydrogen-bond acceptors (Lipinski definition) is 2. The largest absolute Gasteiger partial charge is 0.379 e. The first-order chi connectivity index (χ1) is 8.47. The molecule has 0 aromatic heterocycles. The van der Waals surface area contributed by atoms with E-state index < -0.39 is 5.67 Å². The van der Waals surface area contributed by atoms with Crippen molar-refractivity contribution < 1.29 is 9.13 Å². The fourth-order valence-electron chi connectivity index (χ4n) is 3.84. The SMILES string of the molecule is CC1CC(C)CC(C(C)(F)CC2COCCN2)C1. The van der Waals surface area contributed by atoms with Crippen LogP contribution in [0.3, 0.4) is 0 Å². The van der Waals surface area contributed by atoms with E-state index in [9.17, 15) is 0 Å².